The Balaban J connectivity index is 2.46. The summed E-state index contributed by atoms with van der Waals surface area (Å²) in [6.45, 7) is 3.88. The van der Waals surface area contributed by atoms with Gasteiger partial charge in [0, 0.05) is 17.4 Å². The molecule has 0 saturated heterocycles. The molecule has 0 saturated carbocycles. The van der Waals surface area contributed by atoms with E-state index < -0.39 is 0 Å². The normalized spacial score (nSPS) is 10.3. The smallest absolute Gasteiger partial charge is 0.141 e. The highest BCUT2D eigenvalue weighted by atomic mass is 35.5. The van der Waals surface area contributed by atoms with Gasteiger partial charge < -0.3 is 15.8 Å². The second kappa shape index (κ2) is 6.28. The fourth-order valence-corrected chi connectivity index (χ4v) is 2.56. The van der Waals surface area contributed by atoms with Crippen LogP contribution in [0.3, 0.4) is 0 Å². The van der Waals surface area contributed by atoms with E-state index in [1.807, 2.05) is 26.0 Å². The van der Waals surface area contributed by atoms with Gasteiger partial charge in [0.05, 0.1) is 17.7 Å². The lowest BCUT2D eigenvalue weighted by molar-refractivity contribution is 0.415. The first-order valence-electron chi connectivity index (χ1n) is 6.31. The lowest BCUT2D eigenvalue weighted by Crippen LogP contribution is -2.15. The number of pyridine rings is 1. The van der Waals surface area contributed by atoms with E-state index in [1.165, 1.54) is 0 Å². The molecule has 0 aliphatic rings. The molecule has 3 N–H and O–H groups in total. The maximum atomic E-state index is 6.02. The summed E-state index contributed by atoms with van der Waals surface area (Å²) in [6.07, 6.45) is 0. The zero-order chi connectivity index (χ0) is 15.6. The number of halogens is 1. The van der Waals surface area contributed by atoms with Crippen molar-refractivity contribution >= 4 is 40.3 Å². The second-order valence-electron chi connectivity index (χ2n) is 4.64. The molecule has 1 aromatic carbocycles. The average Bonchev–Trinajstić information content (AvgIpc) is 2.39. The van der Waals surface area contributed by atoms with Gasteiger partial charge in [-0.05, 0) is 37.6 Å². The minimum Gasteiger partial charge on any atom is -0.495 e. The van der Waals surface area contributed by atoms with E-state index in [4.69, 9.17) is 34.3 Å². The van der Waals surface area contributed by atoms with Crippen LogP contribution in [0.2, 0.25) is 5.02 Å². The van der Waals surface area contributed by atoms with Gasteiger partial charge in [-0.3, -0.25) is 0 Å². The summed E-state index contributed by atoms with van der Waals surface area (Å²) in [6, 6.07) is 7.34. The van der Waals surface area contributed by atoms with Crippen molar-refractivity contribution in [2.45, 2.75) is 13.8 Å². The third-order valence-electron chi connectivity index (χ3n) is 3.00. The molecule has 0 fully saturated rings. The number of ether oxygens (including phenoxy) is 1. The van der Waals surface area contributed by atoms with Crippen LogP contribution in [0, 0.1) is 13.8 Å². The highest BCUT2D eigenvalue weighted by Crippen LogP contribution is 2.30. The number of nitrogens with zero attached hydrogens (tertiary/aromatic N) is 1. The van der Waals surface area contributed by atoms with Crippen LogP contribution in [0.4, 0.5) is 11.5 Å². The van der Waals surface area contributed by atoms with Crippen LogP contribution in [0.1, 0.15) is 16.8 Å². The molecule has 2 aromatic rings. The molecular formula is C15H16ClN3OS. The Labute approximate surface area is 134 Å². The number of benzene rings is 1. The lowest BCUT2D eigenvalue weighted by atomic mass is 10.1. The molecular weight excluding hydrogens is 306 g/mol. The average molecular weight is 322 g/mol. The van der Waals surface area contributed by atoms with Crippen LogP contribution >= 0.6 is 23.8 Å². The molecule has 4 nitrogen and oxygen atoms in total. The molecule has 0 aliphatic heterocycles. The third kappa shape index (κ3) is 3.43. The first kappa shape index (κ1) is 15.5. The van der Waals surface area contributed by atoms with Gasteiger partial charge in [-0.15, -0.1) is 0 Å². The first-order chi connectivity index (χ1) is 9.92. The van der Waals surface area contributed by atoms with Crippen molar-refractivity contribution in [1.82, 2.24) is 4.98 Å². The number of thiocarbonyl (C=S) groups is 1. The van der Waals surface area contributed by atoms with Crippen molar-refractivity contribution in [2.75, 3.05) is 12.4 Å². The molecule has 0 amide bonds. The van der Waals surface area contributed by atoms with Gasteiger partial charge in [0.1, 0.15) is 16.6 Å². The highest BCUT2D eigenvalue weighted by molar-refractivity contribution is 7.80. The maximum absolute atomic E-state index is 6.02. The molecule has 0 radical (unpaired) electrons. The number of aromatic nitrogens is 1. The Morgan fingerprint density at radius 1 is 1.33 bits per heavy atom. The summed E-state index contributed by atoms with van der Waals surface area (Å²) in [7, 11) is 1.57. The Hall–Kier alpha value is -1.85. The van der Waals surface area contributed by atoms with Gasteiger partial charge in [0.15, 0.2) is 0 Å². The Bertz CT molecular complexity index is 704. The van der Waals surface area contributed by atoms with Crippen LogP contribution < -0.4 is 15.8 Å². The van der Waals surface area contributed by atoms with Crippen LogP contribution in [0.5, 0.6) is 5.75 Å². The van der Waals surface area contributed by atoms with E-state index >= 15 is 0 Å². The van der Waals surface area contributed by atoms with E-state index in [9.17, 15) is 0 Å². The number of aryl methyl sites for hydroxylation is 2. The number of rotatable bonds is 4. The highest BCUT2D eigenvalue weighted by Gasteiger charge is 2.12. The Morgan fingerprint density at radius 3 is 2.67 bits per heavy atom. The van der Waals surface area contributed by atoms with Crippen molar-refractivity contribution in [1.29, 1.82) is 0 Å². The van der Waals surface area contributed by atoms with Crippen molar-refractivity contribution in [3.8, 4) is 5.75 Å². The third-order valence-corrected chi connectivity index (χ3v) is 3.52. The molecule has 1 heterocycles. The standard InChI is InChI=1S/C15H16ClN3OS/c1-8-6-9(2)18-15(13(8)14(17)21)19-10-4-5-11(16)12(7-10)20-3/h4-7H,1-3H3,(H2,17,21)(H,18,19). The number of hydrogen-bond acceptors (Lipinski definition) is 4. The summed E-state index contributed by atoms with van der Waals surface area (Å²) in [5.74, 6) is 1.22. The van der Waals surface area contributed by atoms with Crippen molar-refractivity contribution in [3.05, 3.63) is 46.1 Å². The summed E-state index contributed by atoms with van der Waals surface area (Å²) >= 11 is 11.1. The Kier molecular flexibility index (Phi) is 4.65. The van der Waals surface area contributed by atoms with E-state index in [0.717, 1.165) is 22.5 Å². The Morgan fingerprint density at radius 2 is 2.05 bits per heavy atom. The summed E-state index contributed by atoms with van der Waals surface area (Å²) in [5.41, 5.74) is 9.21. The summed E-state index contributed by atoms with van der Waals surface area (Å²) in [4.78, 5) is 4.78. The van der Waals surface area contributed by atoms with E-state index in [1.54, 1.807) is 19.2 Å². The van der Waals surface area contributed by atoms with Gasteiger partial charge >= 0.3 is 0 Å². The molecule has 110 valence electrons. The lowest BCUT2D eigenvalue weighted by Gasteiger charge is -2.14. The van der Waals surface area contributed by atoms with Crippen LogP contribution in [0.25, 0.3) is 0 Å². The van der Waals surface area contributed by atoms with Crippen LogP contribution in [-0.2, 0) is 0 Å². The summed E-state index contributed by atoms with van der Waals surface area (Å²) < 4.78 is 5.21. The second-order valence-corrected chi connectivity index (χ2v) is 5.49. The molecule has 2 rings (SSSR count). The van der Waals surface area contributed by atoms with E-state index in [-0.39, 0.29) is 0 Å². The minimum absolute atomic E-state index is 0.309. The number of anilines is 2. The number of nitrogens with one attached hydrogen (secondary N) is 1. The predicted octanol–water partition coefficient (Wildman–Crippen LogP) is 3.74. The zero-order valence-electron chi connectivity index (χ0n) is 12.0. The molecule has 0 bridgehead atoms. The summed E-state index contributed by atoms with van der Waals surface area (Å²) in [5, 5.41) is 3.77. The van der Waals surface area contributed by atoms with Crippen molar-refractivity contribution in [2.24, 2.45) is 5.73 Å². The first-order valence-corrected chi connectivity index (χ1v) is 7.09. The molecule has 6 heteroatoms. The van der Waals surface area contributed by atoms with Crippen molar-refractivity contribution in [3.63, 3.8) is 0 Å². The number of methoxy groups -OCH3 is 1. The fourth-order valence-electron chi connectivity index (χ4n) is 2.11. The van der Waals surface area contributed by atoms with Crippen LogP contribution in [0.15, 0.2) is 24.3 Å². The van der Waals surface area contributed by atoms with Gasteiger partial charge in [0.2, 0.25) is 0 Å². The van der Waals surface area contributed by atoms with Gasteiger partial charge in [-0.1, -0.05) is 23.8 Å². The number of nitrogens with two attached hydrogens (primary N) is 1. The maximum Gasteiger partial charge on any atom is 0.141 e. The molecule has 0 atom stereocenters. The fraction of sp³-hybridized carbons (Fsp3) is 0.200. The molecule has 1 aromatic heterocycles. The van der Waals surface area contributed by atoms with Crippen LogP contribution in [-0.4, -0.2) is 17.1 Å². The predicted molar refractivity (Wildman–Crippen MR) is 90.9 cm³/mol. The van der Waals surface area contributed by atoms with Gasteiger partial charge in [0.25, 0.3) is 0 Å². The molecule has 0 unspecified atom stereocenters. The van der Waals surface area contributed by atoms with Crippen molar-refractivity contribution < 1.29 is 4.74 Å². The van der Waals surface area contributed by atoms with E-state index in [0.29, 0.717) is 21.6 Å². The quantitative estimate of drug-likeness (QED) is 0.840. The minimum atomic E-state index is 0.309. The monoisotopic (exact) mass is 321 g/mol. The topological polar surface area (TPSA) is 60.2 Å². The SMILES string of the molecule is COc1cc(Nc2nc(C)cc(C)c2C(N)=S)ccc1Cl. The molecule has 0 aliphatic carbocycles. The van der Waals surface area contributed by atoms with E-state index in [2.05, 4.69) is 10.3 Å². The number of hydrogen-bond donors (Lipinski definition) is 2. The molecule has 21 heavy (non-hydrogen) atoms. The molecule has 0 spiro atoms. The zero-order valence-corrected chi connectivity index (χ0v) is 13.6. The largest absolute Gasteiger partial charge is 0.495 e. The van der Waals surface area contributed by atoms with Gasteiger partial charge in [-0.2, -0.15) is 0 Å². The van der Waals surface area contributed by atoms with Gasteiger partial charge in [-0.25, -0.2) is 4.98 Å².